The van der Waals surface area contributed by atoms with E-state index < -0.39 is 11.9 Å². The minimum Gasteiger partial charge on any atom is -0.477 e. The number of carbonyl (C=O) groups excluding carboxylic acids is 1. The molecule has 27 heavy (non-hydrogen) atoms. The number of carbonyl (C=O) groups is 2. The minimum atomic E-state index is -1.19. The van der Waals surface area contributed by atoms with Crippen molar-refractivity contribution in [1.82, 2.24) is 10.6 Å². The first kappa shape index (κ1) is 20.7. The van der Waals surface area contributed by atoms with Gasteiger partial charge in [0.1, 0.15) is 5.70 Å². The van der Waals surface area contributed by atoms with Crippen molar-refractivity contribution in [2.45, 2.75) is 45.6 Å². The third kappa shape index (κ3) is 7.27. The summed E-state index contributed by atoms with van der Waals surface area (Å²) in [5.74, 6) is -1.62. The molecule has 5 nitrogen and oxygen atoms in total. The maximum absolute atomic E-state index is 12.3. The van der Waals surface area contributed by atoms with Crippen molar-refractivity contribution in [2.75, 3.05) is 0 Å². The van der Waals surface area contributed by atoms with Crippen molar-refractivity contribution >= 4 is 23.2 Å². The van der Waals surface area contributed by atoms with Gasteiger partial charge < -0.3 is 15.7 Å². The number of amides is 1. The van der Waals surface area contributed by atoms with Gasteiger partial charge in [0.15, 0.2) is 0 Å². The van der Waals surface area contributed by atoms with E-state index in [1.807, 2.05) is 29.6 Å². The van der Waals surface area contributed by atoms with Crippen LogP contribution in [0.1, 0.15) is 53.4 Å². The molecule has 0 atom stereocenters. The van der Waals surface area contributed by atoms with Crippen molar-refractivity contribution in [3.8, 4) is 0 Å². The molecule has 2 aromatic rings. The Labute approximate surface area is 164 Å². The van der Waals surface area contributed by atoms with Crippen molar-refractivity contribution in [2.24, 2.45) is 0 Å². The molecule has 144 valence electrons. The average Bonchev–Trinajstić information content (AvgIpc) is 3.18. The van der Waals surface area contributed by atoms with Crippen LogP contribution in [0.5, 0.6) is 0 Å². The van der Waals surface area contributed by atoms with Crippen LogP contribution in [0.4, 0.5) is 0 Å². The standard InChI is InChI=1S/C21H26N2O3S/c1-2-3-4-5-7-16-9-11-17(12-10-16)20(24)23-19(21(25)26)15-22-14-18-8-6-13-27-18/h6,8-13,15,22H,2-5,7,14H2,1H3,(H,23,24)(H,25,26)/b19-15+. The third-order valence-electron chi connectivity index (χ3n) is 4.12. The number of aryl methyl sites for hydroxylation is 1. The lowest BCUT2D eigenvalue weighted by molar-refractivity contribution is -0.133. The number of unbranched alkanes of at least 4 members (excludes halogenated alkanes) is 3. The van der Waals surface area contributed by atoms with E-state index in [1.165, 1.54) is 31.0 Å². The molecule has 0 aliphatic carbocycles. The summed E-state index contributed by atoms with van der Waals surface area (Å²) in [5, 5.41) is 16.6. The maximum Gasteiger partial charge on any atom is 0.353 e. The lowest BCUT2D eigenvalue weighted by Gasteiger charge is -2.08. The Morgan fingerprint density at radius 1 is 1.11 bits per heavy atom. The lowest BCUT2D eigenvalue weighted by Crippen LogP contribution is -2.28. The van der Waals surface area contributed by atoms with Gasteiger partial charge in [-0.25, -0.2) is 4.79 Å². The van der Waals surface area contributed by atoms with Crippen LogP contribution in [0.25, 0.3) is 0 Å². The van der Waals surface area contributed by atoms with Gasteiger partial charge in [0, 0.05) is 23.2 Å². The van der Waals surface area contributed by atoms with Crippen LogP contribution >= 0.6 is 11.3 Å². The summed E-state index contributed by atoms with van der Waals surface area (Å²) in [4.78, 5) is 24.8. The van der Waals surface area contributed by atoms with E-state index in [0.29, 0.717) is 12.1 Å². The topological polar surface area (TPSA) is 78.4 Å². The number of nitrogens with one attached hydrogen (secondary N) is 2. The van der Waals surface area contributed by atoms with Gasteiger partial charge in [0.05, 0.1) is 0 Å². The molecule has 0 fully saturated rings. The highest BCUT2D eigenvalue weighted by atomic mass is 32.1. The Morgan fingerprint density at radius 3 is 2.52 bits per heavy atom. The zero-order valence-electron chi connectivity index (χ0n) is 15.5. The number of aliphatic carboxylic acids is 1. The molecule has 1 aromatic carbocycles. The number of carboxylic acids is 1. The molecule has 0 aliphatic rings. The number of hydrogen-bond donors (Lipinski definition) is 3. The smallest absolute Gasteiger partial charge is 0.353 e. The summed E-state index contributed by atoms with van der Waals surface area (Å²) in [7, 11) is 0. The van der Waals surface area contributed by atoms with Gasteiger partial charge >= 0.3 is 5.97 Å². The van der Waals surface area contributed by atoms with Crippen molar-refractivity contribution < 1.29 is 14.7 Å². The predicted molar refractivity (Wildman–Crippen MR) is 109 cm³/mol. The minimum absolute atomic E-state index is 0.180. The van der Waals surface area contributed by atoms with Crippen LogP contribution in [-0.4, -0.2) is 17.0 Å². The predicted octanol–water partition coefficient (Wildman–Crippen LogP) is 4.32. The molecule has 1 heterocycles. The van der Waals surface area contributed by atoms with Gasteiger partial charge in [-0.2, -0.15) is 0 Å². The Kier molecular flexibility index (Phi) is 8.58. The Bertz CT molecular complexity index is 752. The van der Waals surface area contributed by atoms with Gasteiger partial charge in [-0.05, 0) is 42.0 Å². The maximum atomic E-state index is 12.3. The van der Waals surface area contributed by atoms with Crippen LogP contribution in [0.3, 0.4) is 0 Å². The molecule has 0 saturated heterocycles. The first-order chi connectivity index (χ1) is 13.1. The Hall–Kier alpha value is -2.60. The summed E-state index contributed by atoms with van der Waals surface area (Å²) >= 11 is 1.58. The van der Waals surface area contributed by atoms with Gasteiger partial charge in [-0.15, -0.1) is 11.3 Å². The zero-order chi connectivity index (χ0) is 19.5. The molecule has 1 amide bonds. The van der Waals surface area contributed by atoms with Crippen molar-refractivity contribution in [3.63, 3.8) is 0 Å². The summed E-state index contributed by atoms with van der Waals surface area (Å²) in [5.41, 5.74) is 1.45. The molecule has 0 spiro atoms. The van der Waals surface area contributed by atoms with E-state index in [9.17, 15) is 14.7 Å². The number of carboxylic acid groups (broad SMARTS) is 1. The van der Waals surface area contributed by atoms with E-state index in [1.54, 1.807) is 23.5 Å². The fourth-order valence-corrected chi connectivity index (χ4v) is 3.25. The Morgan fingerprint density at radius 2 is 1.89 bits per heavy atom. The quantitative estimate of drug-likeness (QED) is 0.397. The molecule has 6 heteroatoms. The molecular weight excluding hydrogens is 360 g/mol. The van der Waals surface area contributed by atoms with E-state index >= 15 is 0 Å². The number of rotatable bonds is 11. The molecule has 0 unspecified atom stereocenters. The Balaban J connectivity index is 1.89. The number of thiophene rings is 1. The van der Waals surface area contributed by atoms with Crippen molar-refractivity contribution in [3.05, 3.63) is 69.7 Å². The fourth-order valence-electron chi connectivity index (χ4n) is 2.59. The van der Waals surface area contributed by atoms with Crippen LogP contribution in [-0.2, 0) is 17.8 Å². The molecule has 0 bridgehead atoms. The second kappa shape index (κ2) is 11.2. The first-order valence-electron chi connectivity index (χ1n) is 9.19. The third-order valence-corrected chi connectivity index (χ3v) is 4.99. The second-order valence-electron chi connectivity index (χ2n) is 6.29. The van der Waals surface area contributed by atoms with Crippen LogP contribution in [0, 0.1) is 0 Å². The van der Waals surface area contributed by atoms with E-state index in [-0.39, 0.29) is 5.70 Å². The van der Waals surface area contributed by atoms with Gasteiger partial charge in [-0.1, -0.05) is 44.4 Å². The SMILES string of the molecule is CCCCCCc1ccc(C(=O)N/C(=C/NCc2cccs2)C(=O)O)cc1. The van der Waals surface area contributed by atoms with Crippen molar-refractivity contribution in [1.29, 1.82) is 0 Å². The molecule has 0 aliphatic heterocycles. The van der Waals surface area contributed by atoms with Crippen LogP contribution in [0.15, 0.2) is 53.7 Å². The van der Waals surface area contributed by atoms with Gasteiger partial charge in [0.25, 0.3) is 5.91 Å². The molecule has 0 saturated carbocycles. The molecule has 3 N–H and O–H groups in total. The first-order valence-corrected chi connectivity index (χ1v) is 10.1. The summed E-state index contributed by atoms with van der Waals surface area (Å²) in [6.07, 6.45) is 7.12. The lowest BCUT2D eigenvalue weighted by atomic mass is 10.0. The number of hydrogen-bond acceptors (Lipinski definition) is 4. The van der Waals surface area contributed by atoms with Gasteiger partial charge in [0.2, 0.25) is 0 Å². The monoisotopic (exact) mass is 386 g/mol. The normalized spacial score (nSPS) is 11.2. The highest BCUT2D eigenvalue weighted by Gasteiger charge is 2.13. The molecular formula is C21H26N2O3S. The zero-order valence-corrected chi connectivity index (χ0v) is 16.3. The fraction of sp³-hybridized carbons (Fsp3) is 0.333. The molecule has 2 rings (SSSR count). The van der Waals surface area contributed by atoms with E-state index in [2.05, 4.69) is 17.6 Å². The summed E-state index contributed by atoms with van der Waals surface area (Å²) in [6, 6.07) is 11.2. The van der Waals surface area contributed by atoms with Crippen LogP contribution < -0.4 is 10.6 Å². The van der Waals surface area contributed by atoms with Gasteiger partial charge in [-0.3, -0.25) is 4.79 Å². The average molecular weight is 387 g/mol. The highest BCUT2D eigenvalue weighted by Crippen LogP contribution is 2.10. The largest absolute Gasteiger partial charge is 0.477 e. The van der Waals surface area contributed by atoms with E-state index in [0.717, 1.165) is 17.7 Å². The second-order valence-corrected chi connectivity index (χ2v) is 7.32. The van der Waals surface area contributed by atoms with Crippen LogP contribution in [0.2, 0.25) is 0 Å². The summed E-state index contributed by atoms with van der Waals surface area (Å²) in [6.45, 7) is 2.70. The summed E-state index contributed by atoms with van der Waals surface area (Å²) < 4.78 is 0. The van der Waals surface area contributed by atoms with E-state index in [4.69, 9.17) is 0 Å². The molecule has 1 aromatic heterocycles. The molecule has 0 radical (unpaired) electrons. The number of benzene rings is 1. The highest BCUT2D eigenvalue weighted by molar-refractivity contribution is 7.09.